The lowest BCUT2D eigenvalue weighted by molar-refractivity contribution is -0.118. The van der Waals surface area contributed by atoms with Crippen molar-refractivity contribution in [2.24, 2.45) is 0 Å². The van der Waals surface area contributed by atoms with Gasteiger partial charge in [0.05, 0.1) is 0 Å². The Morgan fingerprint density at radius 3 is 1.82 bits per heavy atom. The Morgan fingerprint density at radius 2 is 1.55 bits per heavy atom. The van der Waals surface area contributed by atoms with E-state index >= 15 is 0 Å². The van der Waals surface area contributed by atoms with Crippen molar-refractivity contribution in [1.29, 1.82) is 0 Å². The van der Waals surface area contributed by atoms with Crippen molar-refractivity contribution >= 4 is 6.41 Å². The van der Waals surface area contributed by atoms with Gasteiger partial charge in [-0.1, -0.05) is 26.7 Å². The van der Waals surface area contributed by atoms with Crippen LogP contribution in [0.4, 0.5) is 0 Å². The Hall–Kier alpha value is -0.530. The molecule has 0 saturated heterocycles. The summed E-state index contributed by atoms with van der Waals surface area (Å²) < 4.78 is 0. The summed E-state index contributed by atoms with van der Waals surface area (Å²) in [7, 11) is 0. The summed E-state index contributed by atoms with van der Waals surface area (Å²) in [6.45, 7) is 6.14. The van der Waals surface area contributed by atoms with Crippen molar-refractivity contribution in [3.05, 3.63) is 0 Å². The summed E-state index contributed by atoms with van der Waals surface area (Å²) in [5.41, 5.74) is 0. The van der Waals surface area contributed by atoms with E-state index < -0.39 is 0 Å². The van der Waals surface area contributed by atoms with E-state index in [0.29, 0.717) is 0 Å². The molecule has 0 aromatic carbocycles. The minimum atomic E-state index is 0.931. The minimum Gasteiger partial charge on any atom is -0.345 e. The Kier molecular flexibility index (Phi) is 7.21. The molecule has 0 radical (unpaired) electrons. The predicted octanol–water partition coefficient (Wildman–Crippen LogP) is 2.04. The number of amides is 1. The second-order valence-electron chi connectivity index (χ2n) is 2.85. The fourth-order valence-corrected chi connectivity index (χ4v) is 0.940. The Morgan fingerprint density at radius 1 is 1.09 bits per heavy atom. The molecule has 0 heterocycles. The smallest absolute Gasteiger partial charge is 0.209 e. The van der Waals surface area contributed by atoms with Crippen molar-refractivity contribution in [3.63, 3.8) is 0 Å². The zero-order chi connectivity index (χ0) is 8.53. The van der Waals surface area contributed by atoms with Gasteiger partial charge < -0.3 is 4.90 Å². The summed E-state index contributed by atoms with van der Waals surface area (Å²) in [5.74, 6) is 0. The predicted molar refractivity (Wildman–Crippen MR) is 47.5 cm³/mol. The second kappa shape index (κ2) is 7.58. The van der Waals surface area contributed by atoms with Gasteiger partial charge in [0, 0.05) is 13.1 Å². The maximum absolute atomic E-state index is 10.4. The van der Waals surface area contributed by atoms with Gasteiger partial charge in [0.25, 0.3) is 0 Å². The van der Waals surface area contributed by atoms with E-state index in [2.05, 4.69) is 13.8 Å². The summed E-state index contributed by atoms with van der Waals surface area (Å²) in [4.78, 5) is 12.3. The highest BCUT2D eigenvalue weighted by atomic mass is 16.3. The Labute approximate surface area is 69.6 Å². The zero-order valence-corrected chi connectivity index (χ0v) is 7.68. The Balaban J connectivity index is 3.33. The number of hydrogen-bond donors (Lipinski definition) is 0. The van der Waals surface area contributed by atoms with E-state index in [1.165, 1.54) is 0 Å². The van der Waals surface area contributed by atoms with Crippen LogP contribution in [0.1, 0.15) is 39.5 Å². The second-order valence-corrected chi connectivity index (χ2v) is 2.85. The number of rotatable bonds is 7. The number of carbonyl (C=O) groups excluding carboxylic acids is 1. The molecule has 0 fully saturated rings. The molecule has 11 heavy (non-hydrogen) atoms. The number of nitrogens with zero attached hydrogens (tertiary/aromatic N) is 1. The normalized spacial score (nSPS) is 9.64. The number of hydrogen-bond acceptors (Lipinski definition) is 1. The molecular formula is C9H19NO. The van der Waals surface area contributed by atoms with E-state index in [9.17, 15) is 4.79 Å². The Bertz CT molecular complexity index is 85.6. The summed E-state index contributed by atoms with van der Waals surface area (Å²) >= 11 is 0. The highest BCUT2D eigenvalue weighted by Gasteiger charge is 1.97. The van der Waals surface area contributed by atoms with Gasteiger partial charge in [0.15, 0.2) is 0 Å². The number of unbranched alkanes of at least 4 members (excludes halogenated alkanes) is 2. The number of carbonyl (C=O) groups is 1. The first-order chi connectivity index (χ1) is 5.35. The average molecular weight is 159 g/mol. The molecule has 0 saturated carbocycles. The van der Waals surface area contributed by atoms with Gasteiger partial charge in [-0.2, -0.15) is 0 Å². The molecule has 0 aromatic rings. The van der Waals surface area contributed by atoms with Crippen molar-refractivity contribution in [2.75, 3.05) is 13.1 Å². The molecule has 0 aliphatic carbocycles. The molecule has 2 nitrogen and oxygen atoms in total. The first-order valence-electron chi connectivity index (χ1n) is 4.54. The molecule has 0 aromatic heterocycles. The molecule has 0 rings (SSSR count). The third-order valence-electron chi connectivity index (χ3n) is 1.75. The van der Waals surface area contributed by atoms with E-state index in [0.717, 1.165) is 45.2 Å². The lowest BCUT2D eigenvalue weighted by Gasteiger charge is -2.15. The fraction of sp³-hybridized carbons (Fsp3) is 0.889. The zero-order valence-electron chi connectivity index (χ0n) is 7.68. The first-order valence-corrected chi connectivity index (χ1v) is 4.54. The van der Waals surface area contributed by atoms with Crippen LogP contribution >= 0.6 is 0 Å². The first kappa shape index (κ1) is 10.5. The fourth-order valence-electron chi connectivity index (χ4n) is 0.940. The topological polar surface area (TPSA) is 20.3 Å². The lowest BCUT2D eigenvalue weighted by atomic mass is 10.3. The molecule has 0 aliphatic rings. The van der Waals surface area contributed by atoms with Crippen molar-refractivity contribution in [3.8, 4) is 0 Å². The molecule has 0 bridgehead atoms. The monoisotopic (exact) mass is 159 g/mol. The molecule has 2 heteroatoms. The standard InChI is InChI=1S/C9H19NO/c1-3-5-7-10(9-11)8-6-4-2/h9H,3-8H2,1-2H3/i9+2. The van der Waals surface area contributed by atoms with Crippen LogP contribution in [0.25, 0.3) is 0 Å². The van der Waals surface area contributed by atoms with E-state index in [-0.39, 0.29) is 0 Å². The summed E-state index contributed by atoms with van der Waals surface area (Å²) in [6.07, 6.45) is 5.54. The minimum absolute atomic E-state index is 0.931. The van der Waals surface area contributed by atoms with Crippen LogP contribution in [0.15, 0.2) is 0 Å². The van der Waals surface area contributed by atoms with Crippen LogP contribution in [0.3, 0.4) is 0 Å². The van der Waals surface area contributed by atoms with Gasteiger partial charge in [-0.05, 0) is 12.8 Å². The van der Waals surface area contributed by atoms with E-state index in [4.69, 9.17) is 0 Å². The molecule has 1 amide bonds. The van der Waals surface area contributed by atoms with Crippen molar-refractivity contribution < 1.29 is 4.79 Å². The third kappa shape index (κ3) is 5.89. The lowest BCUT2D eigenvalue weighted by Crippen LogP contribution is -2.24. The molecule has 0 unspecified atom stereocenters. The molecule has 0 atom stereocenters. The van der Waals surface area contributed by atoms with Crippen LogP contribution in [0.2, 0.25) is 0 Å². The molecule has 66 valence electrons. The SMILES string of the molecule is CCCCN(CCCC)[14CH]=O. The third-order valence-corrected chi connectivity index (χ3v) is 1.75. The molecule has 0 aliphatic heterocycles. The highest BCUT2D eigenvalue weighted by Crippen LogP contribution is 1.95. The van der Waals surface area contributed by atoms with Crippen molar-refractivity contribution in [2.45, 2.75) is 39.5 Å². The molecule has 0 N–H and O–H groups in total. The van der Waals surface area contributed by atoms with Crippen molar-refractivity contribution in [1.82, 2.24) is 4.90 Å². The van der Waals surface area contributed by atoms with E-state index in [1.54, 1.807) is 0 Å². The maximum Gasteiger partial charge on any atom is 0.209 e. The summed E-state index contributed by atoms with van der Waals surface area (Å²) in [6, 6.07) is 0. The highest BCUT2D eigenvalue weighted by molar-refractivity contribution is 5.46. The van der Waals surface area contributed by atoms with Gasteiger partial charge >= 0.3 is 0 Å². The van der Waals surface area contributed by atoms with Gasteiger partial charge in [-0.3, -0.25) is 4.79 Å². The largest absolute Gasteiger partial charge is 0.345 e. The van der Waals surface area contributed by atoms with Gasteiger partial charge in [-0.25, -0.2) is 0 Å². The van der Waals surface area contributed by atoms with Gasteiger partial charge in [-0.15, -0.1) is 0 Å². The quantitative estimate of drug-likeness (QED) is 0.520. The maximum atomic E-state index is 10.4. The van der Waals surface area contributed by atoms with Crippen LogP contribution in [-0.2, 0) is 4.79 Å². The van der Waals surface area contributed by atoms with Crippen LogP contribution in [-0.4, -0.2) is 24.4 Å². The van der Waals surface area contributed by atoms with Crippen LogP contribution < -0.4 is 0 Å². The van der Waals surface area contributed by atoms with Crippen LogP contribution in [0, 0.1) is 0 Å². The molecular weight excluding hydrogens is 140 g/mol. The average Bonchev–Trinajstić information content (AvgIpc) is 2.05. The van der Waals surface area contributed by atoms with Crippen LogP contribution in [0.5, 0.6) is 0 Å². The molecule has 0 spiro atoms. The van der Waals surface area contributed by atoms with Gasteiger partial charge in [0.1, 0.15) is 0 Å². The van der Waals surface area contributed by atoms with Gasteiger partial charge in [0.2, 0.25) is 6.41 Å². The summed E-state index contributed by atoms with van der Waals surface area (Å²) in [5, 5.41) is 0. The van der Waals surface area contributed by atoms with E-state index in [1.807, 2.05) is 4.90 Å².